The molecule has 3 rings (SSSR count). The Morgan fingerprint density at radius 1 is 1.08 bits per heavy atom. The largest absolute Gasteiger partial charge is 0.497 e. The molecule has 0 atom stereocenters. The molecule has 2 aromatic heterocycles. The third-order valence-corrected chi connectivity index (χ3v) is 4.65. The third kappa shape index (κ3) is 4.40. The molecule has 0 N–H and O–H groups in total. The van der Waals surface area contributed by atoms with Gasteiger partial charge in [-0.15, -0.1) is 0 Å². The number of rotatable bonds is 7. The Hall–Kier alpha value is -2.86. The Morgan fingerprint density at radius 2 is 1.85 bits per heavy atom. The summed E-state index contributed by atoms with van der Waals surface area (Å²) in [6.07, 6.45) is 1.73. The van der Waals surface area contributed by atoms with Crippen LogP contribution >= 0.6 is 11.3 Å². The van der Waals surface area contributed by atoms with Crippen LogP contribution in [-0.4, -0.2) is 30.0 Å². The average molecular weight is 368 g/mol. The van der Waals surface area contributed by atoms with Crippen molar-refractivity contribution in [3.8, 4) is 11.5 Å². The molecule has 1 amide bonds. The Bertz CT molecular complexity index is 829. The second-order valence-electron chi connectivity index (χ2n) is 5.72. The van der Waals surface area contributed by atoms with Gasteiger partial charge >= 0.3 is 0 Å². The maximum Gasteiger partial charge on any atom is 0.254 e. The number of pyridine rings is 1. The topological polar surface area (TPSA) is 51.7 Å². The number of nitrogens with zero attached hydrogens (tertiary/aromatic N) is 2. The second kappa shape index (κ2) is 8.49. The molecule has 6 heteroatoms. The first-order chi connectivity index (χ1) is 12.7. The molecule has 0 unspecified atom stereocenters. The first-order valence-corrected chi connectivity index (χ1v) is 9.07. The van der Waals surface area contributed by atoms with Gasteiger partial charge in [-0.2, -0.15) is 11.3 Å². The van der Waals surface area contributed by atoms with Gasteiger partial charge in [0.15, 0.2) is 0 Å². The molecule has 0 fully saturated rings. The van der Waals surface area contributed by atoms with Gasteiger partial charge in [-0.05, 0) is 46.7 Å². The van der Waals surface area contributed by atoms with Crippen molar-refractivity contribution in [2.75, 3.05) is 14.2 Å². The minimum atomic E-state index is -0.0981. The lowest BCUT2D eigenvalue weighted by atomic mass is 10.1. The highest BCUT2D eigenvalue weighted by Crippen LogP contribution is 2.24. The summed E-state index contributed by atoms with van der Waals surface area (Å²) in [6.45, 7) is 0.938. The lowest BCUT2D eigenvalue weighted by Crippen LogP contribution is -2.30. The highest BCUT2D eigenvalue weighted by Gasteiger charge is 2.19. The lowest BCUT2D eigenvalue weighted by molar-refractivity contribution is 0.0727. The van der Waals surface area contributed by atoms with Crippen molar-refractivity contribution in [3.63, 3.8) is 0 Å². The van der Waals surface area contributed by atoms with Gasteiger partial charge in [0, 0.05) is 24.4 Å². The van der Waals surface area contributed by atoms with E-state index in [9.17, 15) is 4.79 Å². The number of carbonyl (C=O) groups is 1. The maximum absolute atomic E-state index is 13.2. The van der Waals surface area contributed by atoms with Gasteiger partial charge in [-0.1, -0.05) is 6.07 Å². The van der Waals surface area contributed by atoms with E-state index in [-0.39, 0.29) is 5.91 Å². The minimum absolute atomic E-state index is 0.0981. The molecule has 0 bridgehead atoms. The summed E-state index contributed by atoms with van der Waals surface area (Å²) in [4.78, 5) is 19.3. The molecule has 26 heavy (non-hydrogen) atoms. The first-order valence-electron chi connectivity index (χ1n) is 8.13. The third-order valence-electron chi connectivity index (χ3n) is 3.92. The van der Waals surface area contributed by atoms with E-state index >= 15 is 0 Å². The van der Waals surface area contributed by atoms with Crippen LogP contribution in [0.1, 0.15) is 21.6 Å². The summed E-state index contributed by atoms with van der Waals surface area (Å²) in [6, 6.07) is 12.9. The molecule has 2 heterocycles. The van der Waals surface area contributed by atoms with Crippen LogP contribution in [0.2, 0.25) is 0 Å². The fourth-order valence-electron chi connectivity index (χ4n) is 2.60. The normalized spacial score (nSPS) is 10.4. The Labute approximate surface area is 156 Å². The SMILES string of the molecule is COc1cc(OC)cc(C(=O)N(Cc2ccsc2)Cc2ccccn2)c1. The van der Waals surface area contributed by atoms with Crippen LogP contribution in [0.5, 0.6) is 11.5 Å². The van der Waals surface area contributed by atoms with E-state index in [1.54, 1.807) is 54.9 Å². The van der Waals surface area contributed by atoms with Crippen LogP contribution in [0.3, 0.4) is 0 Å². The zero-order valence-electron chi connectivity index (χ0n) is 14.7. The number of hydrogen-bond acceptors (Lipinski definition) is 5. The molecule has 0 saturated heterocycles. The Kier molecular flexibility index (Phi) is 5.86. The number of hydrogen-bond donors (Lipinski definition) is 0. The second-order valence-corrected chi connectivity index (χ2v) is 6.50. The van der Waals surface area contributed by atoms with E-state index in [4.69, 9.17) is 9.47 Å². The first kappa shape index (κ1) is 17.9. The summed E-state index contributed by atoms with van der Waals surface area (Å²) in [5.74, 6) is 1.07. The van der Waals surface area contributed by atoms with Gasteiger partial charge in [-0.25, -0.2) is 0 Å². The van der Waals surface area contributed by atoms with Crippen LogP contribution in [0.4, 0.5) is 0 Å². The van der Waals surface area contributed by atoms with E-state index in [0.717, 1.165) is 11.3 Å². The van der Waals surface area contributed by atoms with E-state index in [1.807, 2.05) is 35.0 Å². The number of aromatic nitrogens is 1. The number of ether oxygens (including phenoxy) is 2. The summed E-state index contributed by atoms with van der Waals surface area (Å²) in [5, 5.41) is 4.05. The molecule has 0 saturated carbocycles. The Balaban J connectivity index is 1.91. The van der Waals surface area contributed by atoms with E-state index in [0.29, 0.717) is 30.2 Å². The number of methoxy groups -OCH3 is 2. The van der Waals surface area contributed by atoms with Crippen molar-refractivity contribution < 1.29 is 14.3 Å². The molecular weight excluding hydrogens is 348 g/mol. The van der Waals surface area contributed by atoms with Crippen LogP contribution in [0.15, 0.2) is 59.4 Å². The van der Waals surface area contributed by atoms with Gasteiger partial charge < -0.3 is 14.4 Å². The zero-order chi connectivity index (χ0) is 18.4. The number of carbonyl (C=O) groups excluding carboxylic acids is 1. The minimum Gasteiger partial charge on any atom is -0.497 e. The molecule has 3 aromatic rings. The smallest absolute Gasteiger partial charge is 0.254 e. The van der Waals surface area contributed by atoms with Gasteiger partial charge in [-0.3, -0.25) is 9.78 Å². The zero-order valence-corrected chi connectivity index (χ0v) is 15.5. The van der Waals surface area contributed by atoms with Crippen molar-refractivity contribution in [3.05, 3.63) is 76.2 Å². The van der Waals surface area contributed by atoms with Crippen LogP contribution in [0.25, 0.3) is 0 Å². The van der Waals surface area contributed by atoms with Gasteiger partial charge in [0.2, 0.25) is 0 Å². The fourth-order valence-corrected chi connectivity index (χ4v) is 3.26. The molecule has 134 valence electrons. The van der Waals surface area contributed by atoms with E-state index in [1.165, 1.54) is 0 Å². The lowest BCUT2D eigenvalue weighted by Gasteiger charge is -2.22. The predicted octanol–water partition coefficient (Wildman–Crippen LogP) is 4.00. The molecular formula is C20H20N2O3S. The summed E-state index contributed by atoms with van der Waals surface area (Å²) >= 11 is 1.61. The fraction of sp³-hybridized carbons (Fsp3) is 0.200. The summed E-state index contributed by atoms with van der Waals surface area (Å²) < 4.78 is 10.6. The molecule has 0 aliphatic rings. The maximum atomic E-state index is 13.2. The monoisotopic (exact) mass is 368 g/mol. The number of thiophene rings is 1. The van der Waals surface area contributed by atoms with Gasteiger partial charge in [0.25, 0.3) is 5.91 Å². The summed E-state index contributed by atoms with van der Waals surface area (Å²) in [5.41, 5.74) is 2.45. The van der Waals surface area contributed by atoms with Crippen LogP contribution in [0, 0.1) is 0 Å². The molecule has 0 aliphatic heterocycles. The van der Waals surface area contributed by atoms with Gasteiger partial charge in [0.05, 0.1) is 26.5 Å². The molecule has 0 spiro atoms. The molecule has 1 aromatic carbocycles. The standard InChI is InChI=1S/C20H20N2O3S/c1-24-18-9-16(10-19(11-18)25-2)20(23)22(12-15-6-8-26-14-15)13-17-5-3-4-7-21-17/h3-11,14H,12-13H2,1-2H3. The predicted molar refractivity (Wildman–Crippen MR) is 102 cm³/mol. The van der Waals surface area contributed by atoms with Crippen molar-refractivity contribution in [1.82, 2.24) is 9.88 Å². The van der Waals surface area contributed by atoms with Crippen molar-refractivity contribution in [2.24, 2.45) is 0 Å². The molecule has 0 radical (unpaired) electrons. The highest BCUT2D eigenvalue weighted by atomic mass is 32.1. The van der Waals surface area contributed by atoms with Crippen LogP contribution in [-0.2, 0) is 13.1 Å². The van der Waals surface area contributed by atoms with Crippen molar-refractivity contribution in [2.45, 2.75) is 13.1 Å². The van der Waals surface area contributed by atoms with Crippen molar-refractivity contribution >= 4 is 17.2 Å². The highest BCUT2D eigenvalue weighted by molar-refractivity contribution is 7.07. The molecule has 5 nitrogen and oxygen atoms in total. The average Bonchev–Trinajstić information content (AvgIpc) is 3.20. The van der Waals surface area contributed by atoms with Gasteiger partial charge in [0.1, 0.15) is 11.5 Å². The summed E-state index contributed by atoms with van der Waals surface area (Å²) in [7, 11) is 3.14. The van der Waals surface area contributed by atoms with E-state index in [2.05, 4.69) is 4.98 Å². The van der Waals surface area contributed by atoms with Crippen molar-refractivity contribution in [1.29, 1.82) is 0 Å². The molecule has 0 aliphatic carbocycles. The van der Waals surface area contributed by atoms with Crippen LogP contribution < -0.4 is 9.47 Å². The Morgan fingerprint density at radius 3 is 2.42 bits per heavy atom. The quantitative estimate of drug-likeness (QED) is 0.632. The number of amides is 1. The van der Waals surface area contributed by atoms with E-state index < -0.39 is 0 Å². The number of benzene rings is 1.